The molecule has 1 aliphatic rings. The van der Waals surface area contributed by atoms with Crippen molar-refractivity contribution >= 4 is 51.7 Å². The maximum absolute atomic E-state index is 13.4. The normalized spacial score (nSPS) is 15.2. The molecule has 33 heavy (non-hydrogen) atoms. The second-order valence-electron chi connectivity index (χ2n) is 7.43. The number of hydrogen-bond acceptors (Lipinski definition) is 8. The van der Waals surface area contributed by atoms with Crippen molar-refractivity contribution in [3.8, 4) is 0 Å². The number of nitrogens with one attached hydrogen (secondary N) is 1. The summed E-state index contributed by atoms with van der Waals surface area (Å²) in [5.41, 5.74) is 1.45. The van der Waals surface area contributed by atoms with E-state index in [9.17, 15) is 9.59 Å². The average Bonchev–Trinajstić information content (AvgIpc) is 3.41. The highest BCUT2D eigenvalue weighted by molar-refractivity contribution is 8.26. The number of furan rings is 1. The van der Waals surface area contributed by atoms with E-state index >= 15 is 0 Å². The van der Waals surface area contributed by atoms with E-state index in [1.54, 1.807) is 35.6 Å². The van der Waals surface area contributed by atoms with Crippen LogP contribution >= 0.6 is 24.0 Å². The summed E-state index contributed by atoms with van der Waals surface area (Å²) in [7, 11) is 0. The number of thiocarbonyl (C=S) groups is 1. The number of hydrogen-bond donors (Lipinski definition) is 1. The molecule has 1 fully saturated rings. The molecule has 0 spiro atoms. The van der Waals surface area contributed by atoms with Crippen LogP contribution in [-0.2, 0) is 16.1 Å². The van der Waals surface area contributed by atoms with Gasteiger partial charge in [0.2, 0.25) is 0 Å². The molecule has 1 saturated heterocycles. The van der Waals surface area contributed by atoms with Crippen LogP contribution in [0.3, 0.4) is 0 Å². The van der Waals surface area contributed by atoms with E-state index in [1.165, 1.54) is 16.2 Å². The molecule has 0 aromatic carbocycles. The molecule has 0 aliphatic carbocycles. The molecule has 8 nitrogen and oxygen atoms in total. The molecule has 4 heterocycles. The minimum absolute atomic E-state index is 0.216. The molecule has 3 aromatic rings. The lowest BCUT2D eigenvalue weighted by molar-refractivity contribution is -0.122. The molecule has 1 amide bonds. The second kappa shape index (κ2) is 10.3. The number of nitrogens with zero attached hydrogens (tertiary/aromatic N) is 3. The summed E-state index contributed by atoms with van der Waals surface area (Å²) in [5, 5.41) is 3.18. The molecule has 0 atom stereocenters. The lowest BCUT2D eigenvalue weighted by atomic mass is 10.2. The number of rotatable bonds is 9. The van der Waals surface area contributed by atoms with Gasteiger partial charge >= 0.3 is 0 Å². The number of thioether (sulfide) groups is 1. The van der Waals surface area contributed by atoms with Crippen LogP contribution in [0.25, 0.3) is 11.7 Å². The fraction of sp³-hybridized carbons (Fsp3) is 0.304. The SMILES string of the molecule is CCOCCCN1C(=O)/C(=C\c2c(NCc3ccco3)nc3ccc(C)cn3c2=O)SC1=S. The highest BCUT2D eigenvalue weighted by Gasteiger charge is 2.32. The van der Waals surface area contributed by atoms with Crippen molar-refractivity contribution in [3.05, 3.63) is 68.9 Å². The minimum atomic E-state index is -0.271. The van der Waals surface area contributed by atoms with Crippen LogP contribution in [0.15, 0.2) is 50.8 Å². The number of ether oxygens (including phenoxy) is 1. The Morgan fingerprint density at radius 2 is 2.15 bits per heavy atom. The Labute approximate surface area is 200 Å². The Morgan fingerprint density at radius 1 is 1.30 bits per heavy atom. The van der Waals surface area contributed by atoms with Crippen molar-refractivity contribution in [1.82, 2.24) is 14.3 Å². The lowest BCUT2D eigenvalue weighted by Gasteiger charge is -2.14. The average molecular weight is 485 g/mol. The van der Waals surface area contributed by atoms with Crippen LogP contribution in [0.5, 0.6) is 0 Å². The standard InChI is InChI=1S/C23H24N4O4S2/c1-3-30-10-5-9-26-22(29)18(33-23(26)32)12-17-20(24-13-16-6-4-11-31-16)25-19-8-7-15(2)14-27(19)21(17)28/h4,6-8,11-12,14,24H,3,5,9-10,13H2,1-2H3/b18-12+. The van der Waals surface area contributed by atoms with Crippen molar-refractivity contribution < 1.29 is 13.9 Å². The van der Waals surface area contributed by atoms with Crippen molar-refractivity contribution in [1.29, 1.82) is 0 Å². The van der Waals surface area contributed by atoms with Crippen LogP contribution in [0.2, 0.25) is 0 Å². The minimum Gasteiger partial charge on any atom is -0.467 e. The van der Waals surface area contributed by atoms with E-state index in [4.69, 9.17) is 21.4 Å². The molecule has 172 valence electrons. The van der Waals surface area contributed by atoms with Crippen LogP contribution in [-0.4, -0.2) is 44.3 Å². The van der Waals surface area contributed by atoms with Gasteiger partial charge in [-0.15, -0.1) is 0 Å². The Kier molecular flexibility index (Phi) is 7.26. The molecule has 0 saturated carbocycles. The predicted octanol–water partition coefficient (Wildman–Crippen LogP) is 3.84. The van der Waals surface area contributed by atoms with E-state index in [1.807, 2.05) is 26.0 Å². The summed E-state index contributed by atoms with van der Waals surface area (Å²) >= 11 is 6.60. The van der Waals surface area contributed by atoms with Gasteiger partial charge in [-0.25, -0.2) is 4.98 Å². The molecule has 0 radical (unpaired) electrons. The number of pyridine rings is 1. The van der Waals surface area contributed by atoms with Gasteiger partial charge in [0.25, 0.3) is 11.5 Å². The topological polar surface area (TPSA) is 89.1 Å². The zero-order valence-corrected chi connectivity index (χ0v) is 20.0. The van der Waals surface area contributed by atoms with Gasteiger partial charge in [0, 0.05) is 26.0 Å². The van der Waals surface area contributed by atoms with E-state index < -0.39 is 0 Å². The maximum Gasteiger partial charge on any atom is 0.267 e. The first-order valence-corrected chi connectivity index (χ1v) is 11.8. The van der Waals surface area contributed by atoms with Crippen LogP contribution in [0.1, 0.15) is 30.2 Å². The number of aromatic nitrogens is 2. The fourth-order valence-corrected chi connectivity index (χ4v) is 4.69. The largest absolute Gasteiger partial charge is 0.467 e. The number of fused-ring (bicyclic) bond motifs is 1. The number of aryl methyl sites for hydroxylation is 1. The van der Waals surface area contributed by atoms with Crippen molar-refractivity contribution in [2.75, 3.05) is 25.1 Å². The van der Waals surface area contributed by atoms with Crippen molar-refractivity contribution in [3.63, 3.8) is 0 Å². The lowest BCUT2D eigenvalue weighted by Crippen LogP contribution is -2.29. The molecule has 4 rings (SSSR count). The molecular formula is C23H24N4O4S2. The van der Waals surface area contributed by atoms with Crippen LogP contribution in [0, 0.1) is 6.92 Å². The third-order valence-corrected chi connectivity index (χ3v) is 6.42. The second-order valence-corrected chi connectivity index (χ2v) is 9.11. The van der Waals surface area contributed by atoms with Crippen molar-refractivity contribution in [2.45, 2.75) is 26.8 Å². The fourth-order valence-electron chi connectivity index (χ4n) is 3.40. The van der Waals surface area contributed by atoms with E-state index in [-0.39, 0.29) is 11.5 Å². The summed E-state index contributed by atoms with van der Waals surface area (Å²) in [6.07, 6.45) is 5.58. The van der Waals surface area contributed by atoms with E-state index in [0.29, 0.717) is 64.7 Å². The third kappa shape index (κ3) is 5.18. The molecule has 0 unspecified atom stereocenters. The quantitative estimate of drug-likeness (QED) is 0.278. The van der Waals surface area contributed by atoms with Gasteiger partial charge < -0.3 is 14.5 Å². The van der Waals surface area contributed by atoms with Gasteiger partial charge in [-0.1, -0.05) is 30.0 Å². The summed E-state index contributed by atoms with van der Waals surface area (Å²) in [4.78, 5) is 33.0. The van der Waals surface area contributed by atoms with Gasteiger partial charge in [-0.3, -0.25) is 18.9 Å². The van der Waals surface area contributed by atoms with Crippen LogP contribution < -0.4 is 10.9 Å². The van der Waals surface area contributed by atoms with E-state index in [2.05, 4.69) is 10.3 Å². The third-order valence-electron chi connectivity index (χ3n) is 5.04. The molecule has 1 aliphatic heterocycles. The Balaban J connectivity index is 1.69. The van der Waals surface area contributed by atoms with Gasteiger partial charge in [0.05, 0.1) is 23.3 Å². The highest BCUT2D eigenvalue weighted by Crippen LogP contribution is 2.33. The Hall–Kier alpha value is -2.95. The maximum atomic E-state index is 13.4. The summed E-state index contributed by atoms with van der Waals surface area (Å²) in [5.74, 6) is 0.863. The first-order valence-electron chi connectivity index (χ1n) is 10.6. The zero-order valence-electron chi connectivity index (χ0n) is 18.4. The van der Waals surface area contributed by atoms with Crippen molar-refractivity contribution in [2.24, 2.45) is 0 Å². The monoisotopic (exact) mass is 484 g/mol. The Morgan fingerprint density at radius 3 is 2.91 bits per heavy atom. The smallest absolute Gasteiger partial charge is 0.267 e. The zero-order chi connectivity index (χ0) is 23.4. The number of carbonyl (C=O) groups excluding carboxylic acids is 1. The summed E-state index contributed by atoms with van der Waals surface area (Å²) in [6.45, 7) is 5.84. The number of amides is 1. The van der Waals surface area contributed by atoms with Gasteiger partial charge in [-0.05, 0) is 50.1 Å². The molecule has 0 bridgehead atoms. The molecular weight excluding hydrogens is 460 g/mol. The highest BCUT2D eigenvalue weighted by atomic mass is 32.2. The molecule has 10 heteroatoms. The van der Waals surface area contributed by atoms with E-state index in [0.717, 1.165) is 5.56 Å². The predicted molar refractivity (Wildman–Crippen MR) is 133 cm³/mol. The van der Waals surface area contributed by atoms with Gasteiger partial charge in [-0.2, -0.15) is 0 Å². The Bertz CT molecular complexity index is 1270. The number of anilines is 1. The molecule has 3 aromatic heterocycles. The van der Waals surface area contributed by atoms with Crippen LogP contribution in [0.4, 0.5) is 5.82 Å². The first kappa shape index (κ1) is 23.2. The summed E-state index contributed by atoms with van der Waals surface area (Å²) < 4.78 is 12.7. The molecule has 1 N–H and O–H groups in total. The van der Waals surface area contributed by atoms with Gasteiger partial charge in [0.15, 0.2) is 0 Å². The summed E-state index contributed by atoms with van der Waals surface area (Å²) in [6, 6.07) is 7.30. The van der Waals surface area contributed by atoms with Gasteiger partial charge in [0.1, 0.15) is 21.5 Å². The first-order chi connectivity index (χ1) is 16.0. The number of carbonyl (C=O) groups is 1.